The summed E-state index contributed by atoms with van der Waals surface area (Å²) in [5.74, 6) is -0.884. The molecule has 1 aliphatic carbocycles. The van der Waals surface area contributed by atoms with E-state index in [0.29, 0.717) is 0 Å². The topological polar surface area (TPSA) is 46.5 Å². The Labute approximate surface area is 152 Å². The molecule has 0 atom stereocenters. The van der Waals surface area contributed by atoms with E-state index in [-0.39, 0.29) is 23.0 Å². The lowest BCUT2D eigenvalue weighted by atomic mass is 9.76. The van der Waals surface area contributed by atoms with Gasteiger partial charge in [0.25, 0.3) is 0 Å². The summed E-state index contributed by atoms with van der Waals surface area (Å²) in [5.41, 5.74) is 3.83. The molecule has 0 aliphatic heterocycles. The number of benzene rings is 1. The molecule has 0 saturated heterocycles. The number of rotatable bonds is 5. The van der Waals surface area contributed by atoms with Gasteiger partial charge in [0.1, 0.15) is 6.61 Å². The van der Waals surface area contributed by atoms with Gasteiger partial charge in [-0.1, -0.05) is 72.6 Å². The maximum absolute atomic E-state index is 11.0. The molecule has 1 fully saturated rings. The van der Waals surface area contributed by atoms with Gasteiger partial charge in [-0.15, -0.1) is 0 Å². The molecule has 1 aromatic rings. The van der Waals surface area contributed by atoms with Crippen molar-refractivity contribution < 1.29 is 14.6 Å². The van der Waals surface area contributed by atoms with Gasteiger partial charge in [0, 0.05) is 6.42 Å². The molecule has 140 valence electrons. The summed E-state index contributed by atoms with van der Waals surface area (Å²) in [5, 5.41) is 9.04. The highest BCUT2D eigenvalue weighted by Gasteiger charge is 2.37. The van der Waals surface area contributed by atoms with Crippen LogP contribution in [-0.2, 0) is 26.8 Å². The molecule has 1 aliphatic rings. The molecule has 0 aromatic heterocycles. The highest BCUT2D eigenvalue weighted by molar-refractivity contribution is 5.68. The Morgan fingerprint density at radius 1 is 1.08 bits per heavy atom. The second-order valence-corrected chi connectivity index (χ2v) is 9.62. The first kappa shape index (κ1) is 20.0. The number of hydrogen-bond acceptors (Lipinski definition) is 2. The summed E-state index contributed by atoms with van der Waals surface area (Å²) < 4.78 is 5.92. The molecule has 0 amide bonds. The molecular weight excluding hydrogens is 312 g/mol. The predicted molar refractivity (Wildman–Crippen MR) is 102 cm³/mol. The van der Waals surface area contributed by atoms with Crippen molar-refractivity contribution in [2.45, 2.75) is 90.1 Å². The Morgan fingerprint density at radius 3 is 2.16 bits per heavy atom. The van der Waals surface area contributed by atoms with Crippen molar-refractivity contribution in [3.05, 3.63) is 34.9 Å². The summed E-state index contributed by atoms with van der Waals surface area (Å²) in [7, 11) is 0. The first-order valence-corrected chi connectivity index (χ1v) is 9.43. The average molecular weight is 347 g/mol. The van der Waals surface area contributed by atoms with Crippen LogP contribution in [0.3, 0.4) is 0 Å². The van der Waals surface area contributed by atoms with E-state index in [9.17, 15) is 4.79 Å². The van der Waals surface area contributed by atoms with Gasteiger partial charge in [-0.05, 0) is 40.4 Å². The first-order valence-electron chi connectivity index (χ1n) is 9.43. The third-order valence-electron chi connectivity index (χ3n) is 5.31. The van der Waals surface area contributed by atoms with Crippen molar-refractivity contribution in [3.63, 3.8) is 0 Å². The number of carbonyl (C=O) groups is 1. The number of ether oxygens (including phenoxy) is 1. The van der Waals surface area contributed by atoms with Crippen LogP contribution < -0.4 is 0 Å². The van der Waals surface area contributed by atoms with E-state index in [1.54, 1.807) is 0 Å². The van der Waals surface area contributed by atoms with Crippen LogP contribution in [0, 0.1) is 0 Å². The molecule has 0 bridgehead atoms. The molecule has 0 heterocycles. The zero-order valence-corrected chi connectivity index (χ0v) is 16.7. The molecule has 0 radical (unpaired) electrons. The highest BCUT2D eigenvalue weighted by atomic mass is 16.5. The second-order valence-electron chi connectivity index (χ2n) is 9.62. The summed E-state index contributed by atoms with van der Waals surface area (Å²) in [4.78, 5) is 11.0. The largest absolute Gasteiger partial charge is 0.480 e. The monoisotopic (exact) mass is 346 g/mol. The van der Waals surface area contributed by atoms with Crippen LogP contribution >= 0.6 is 0 Å². The quantitative estimate of drug-likeness (QED) is 0.793. The fourth-order valence-corrected chi connectivity index (χ4v) is 3.85. The molecular formula is C22H34O3. The van der Waals surface area contributed by atoms with E-state index in [0.717, 1.165) is 32.1 Å². The summed E-state index contributed by atoms with van der Waals surface area (Å²) >= 11 is 0. The third kappa shape index (κ3) is 5.07. The van der Waals surface area contributed by atoms with Gasteiger partial charge >= 0.3 is 5.97 Å². The standard InChI is InChI=1S/C22H34O3/c1-20(2,3)17-10-9-16(18(13-17)21(4,5)6)14-22(11-7-8-12-22)25-15-19(23)24/h9-10,13H,7-8,11-12,14-15H2,1-6H3,(H,23,24). The first-order chi connectivity index (χ1) is 11.4. The van der Waals surface area contributed by atoms with Gasteiger partial charge in [-0.2, -0.15) is 0 Å². The number of hydrogen-bond donors (Lipinski definition) is 1. The molecule has 0 unspecified atom stereocenters. The lowest BCUT2D eigenvalue weighted by Gasteiger charge is -2.33. The summed E-state index contributed by atoms with van der Waals surface area (Å²) in [6.07, 6.45) is 4.93. The maximum Gasteiger partial charge on any atom is 0.329 e. The molecule has 3 heteroatoms. The van der Waals surface area contributed by atoms with Gasteiger partial charge in [0.15, 0.2) is 0 Å². The van der Waals surface area contributed by atoms with Crippen molar-refractivity contribution in [3.8, 4) is 0 Å². The Balaban J connectivity index is 2.38. The van der Waals surface area contributed by atoms with Crippen LogP contribution in [0.25, 0.3) is 0 Å². The molecule has 3 nitrogen and oxygen atoms in total. The normalized spacial score (nSPS) is 17.7. The van der Waals surface area contributed by atoms with Crippen molar-refractivity contribution in [1.82, 2.24) is 0 Å². The van der Waals surface area contributed by atoms with Gasteiger partial charge < -0.3 is 9.84 Å². The Morgan fingerprint density at radius 2 is 1.68 bits per heavy atom. The van der Waals surface area contributed by atoms with Gasteiger partial charge in [0.2, 0.25) is 0 Å². The van der Waals surface area contributed by atoms with Gasteiger partial charge in [0.05, 0.1) is 5.60 Å². The van der Waals surface area contributed by atoms with Crippen LogP contribution in [-0.4, -0.2) is 23.3 Å². The van der Waals surface area contributed by atoms with Crippen LogP contribution in [0.1, 0.15) is 83.9 Å². The summed E-state index contributed by atoms with van der Waals surface area (Å²) in [6, 6.07) is 6.81. The second kappa shape index (κ2) is 7.11. The van der Waals surface area contributed by atoms with E-state index in [1.807, 2.05) is 0 Å². The van der Waals surface area contributed by atoms with E-state index in [4.69, 9.17) is 9.84 Å². The lowest BCUT2D eigenvalue weighted by Crippen LogP contribution is -2.35. The van der Waals surface area contributed by atoms with Crippen molar-refractivity contribution >= 4 is 5.97 Å². The Kier molecular flexibility index (Phi) is 5.68. The number of aliphatic carboxylic acids is 1. The van der Waals surface area contributed by atoms with Crippen LogP contribution in [0.4, 0.5) is 0 Å². The SMILES string of the molecule is CC(C)(C)c1ccc(CC2(OCC(=O)O)CCCC2)c(C(C)(C)C)c1. The lowest BCUT2D eigenvalue weighted by molar-refractivity contribution is -0.149. The predicted octanol–water partition coefficient (Wildman–Crippen LogP) is 5.24. The van der Waals surface area contributed by atoms with Gasteiger partial charge in [-0.25, -0.2) is 4.79 Å². The van der Waals surface area contributed by atoms with E-state index < -0.39 is 5.97 Å². The average Bonchev–Trinajstić information content (AvgIpc) is 2.92. The van der Waals surface area contributed by atoms with E-state index in [1.165, 1.54) is 16.7 Å². The molecule has 1 saturated carbocycles. The number of carboxylic acids is 1. The smallest absolute Gasteiger partial charge is 0.329 e. The number of carboxylic acid groups (broad SMARTS) is 1. The Bertz CT molecular complexity index is 611. The summed E-state index contributed by atoms with van der Waals surface area (Å²) in [6.45, 7) is 13.3. The van der Waals surface area contributed by atoms with Gasteiger partial charge in [-0.3, -0.25) is 0 Å². The van der Waals surface area contributed by atoms with Crippen molar-refractivity contribution in [2.75, 3.05) is 6.61 Å². The third-order valence-corrected chi connectivity index (χ3v) is 5.31. The molecule has 0 spiro atoms. The van der Waals surface area contributed by atoms with Crippen molar-refractivity contribution in [1.29, 1.82) is 0 Å². The minimum absolute atomic E-state index is 0.0448. The molecule has 25 heavy (non-hydrogen) atoms. The minimum atomic E-state index is -0.884. The fraction of sp³-hybridized carbons (Fsp3) is 0.682. The Hall–Kier alpha value is -1.35. The maximum atomic E-state index is 11.0. The zero-order chi connectivity index (χ0) is 18.9. The van der Waals surface area contributed by atoms with Crippen molar-refractivity contribution in [2.24, 2.45) is 0 Å². The van der Waals surface area contributed by atoms with Crippen LogP contribution in [0.15, 0.2) is 18.2 Å². The van der Waals surface area contributed by atoms with E-state index in [2.05, 4.69) is 59.7 Å². The zero-order valence-electron chi connectivity index (χ0n) is 16.7. The van der Waals surface area contributed by atoms with Crippen LogP contribution in [0.5, 0.6) is 0 Å². The molecule has 2 rings (SSSR count). The molecule has 1 aromatic carbocycles. The minimum Gasteiger partial charge on any atom is -0.480 e. The van der Waals surface area contributed by atoms with Crippen LogP contribution in [0.2, 0.25) is 0 Å². The fourth-order valence-electron chi connectivity index (χ4n) is 3.85. The molecule has 1 N–H and O–H groups in total. The highest BCUT2D eigenvalue weighted by Crippen LogP contribution is 2.39. The van der Waals surface area contributed by atoms with E-state index >= 15 is 0 Å².